The fraction of sp³-hybridized carbons (Fsp3) is 0.611. The number of rotatable bonds is 9. The molecule has 5 nitrogen and oxygen atoms in total. The van der Waals surface area contributed by atoms with Crippen LogP contribution in [0.15, 0.2) is 17.0 Å². The predicted molar refractivity (Wildman–Crippen MR) is 105 cm³/mol. The van der Waals surface area contributed by atoms with Crippen LogP contribution in [0.25, 0.3) is 0 Å². The van der Waals surface area contributed by atoms with Crippen LogP contribution in [0.1, 0.15) is 63.2 Å². The molecule has 0 saturated heterocycles. The van der Waals surface area contributed by atoms with E-state index in [9.17, 15) is 13.2 Å². The van der Waals surface area contributed by atoms with Crippen LogP contribution in [-0.4, -0.2) is 26.4 Å². The Morgan fingerprint density at radius 3 is 2.38 bits per heavy atom. The average Bonchev–Trinajstić information content (AvgIpc) is 3.29. The van der Waals surface area contributed by atoms with Crippen LogP contribution in [0.2, 0.25) is 10.0 Å². The highest BCUT2D eigenvalue weighted by Crippen LogP contribution is 2.30. The highest BCUT2D eigenvalue weighted by atomic mass is 35.5. The van der Waals surface area contributed by atoms with Gasteiger partial charge in [0.15, 0.2) is 0 Å². The molecule has 2 rings (SSSR count). The molecule has 0 spiro atoms. The predicted octanol–water partition coefficient (Wildman–Crippen LogP) is 4.38. The van der Waals surface area contributed by atoms with Crippen LogP contribution >= 0.6 is 23.2 Å². The van der Waals surface area contributed by atoms with Crippen LogP contribution in [-0.2, 0) is 10.0 Å². The molecule has 1 amide bonds. The fourth-order valence-corrected chi connectivity index (χ4v) is 4.76. The second kappa shape index (κ2) is 8.91. The molecule has 0 aromatic heterocycles. The van der Waals surface area contributed by atoms with E-state index >= 15 is 0 Å². The number of benzene rings is 1. The Kier molecular flexibility index (Phi) is 7.36. The molecule has 1 aromatic carbocycles. The van der Waals surface area contributed by atoms with Gasteiger partial charge in [0, 0.05) is 12.1 Å². The van der Waals surface area contributed by atoms with E-state index in [-0.39, 0.29) is 32.6 Å². The van der Waals surface area contributed by atoms with Crippen molar-refractivity contribution in [1.82, 2.24) is 10.0 Å². The number of sulfonamides is 1. The summed E-state index contributed by atoms with van der Waals surface area (Å²) >= 11 is 12.2. The van der Waals surface area contributed by atoms with Gasteiger partial charge in [-0.2, -0.15) is 0 Å². The van der Waals surface area contributed by atoms with Crippen LogP contribution in [0.5, 0.6) is 0 Å². The molecule has 1 atom stereocenters. The molecular weight excluding hydrogens is 395 g/mol. The first-order chi connectivity index (χ1) is 12.1. The van der Waals surface area contributed by atoms with E-state index in [0.717, 1.165) is 32.1 Å². The quantitative estimate of drug-likeness (QED) is 0.622. The lowest BCUT2D eigenvalue weighted by Gasteiger charge is -2.16. The topological polar surface area (TPSA) is 75.3 Å². The molecule has 0 bridgehead atoms. The summed E-state index contributed by atoms with van der Waals surface area (Å²) in [5, 5.41) is 3.02. The molecule has 1 unspecified atom stereocenters. The van der Waals surface area contributed by atoms with Gasteiger partial charge in [-0.15, -0.1) is 0 Å². The molecule has 2 N–H and O–H groups in total. The molecule has 0 heterocycles. The van der Waals surface area contributed by atoms with Crippen molar-refractivity contribution in [3.05, 3.63) is 27.7 Å². The van der Waals surface area contributed by atoms with Crippen molar-refractivity contribution in [2.75, 3.05) is 0 Å². The molecule has 0 radical (unpaired) electrons. The Bertz CT molecular complexity index is 762. The minimum absolute atomic E-state index is 0.00434. The highest BCUT2D eigenvalue weighted by Gasteiger charge is 2.30. The van der Waals surface area contributed by atoms with Gasteiger partial charge in [-0.05, 0) is 44.2 Å². The molecule has 0 aliphatic heterocycles. The van der Waals surface area contributed by atoms with E-state index in [4.69, 9.17) is 23.2 Å². The molecule has 1 aliphatic rings. The third-order valence-corrected chi connectivity index (χ3v) is 6.55. The van der Waals surface area contributed by atoms with E-state index in [2.05, 4.69) is 23.9 Å². The van der Waals surface area contributed by atoms with Crippen LogP contribution < -0.4 is 10.0 Å². The number of hydrogen-bond donors (Lipinski definition) is 2. The first kappa shape index (κ1) is 21.5. The molecule has 1 saturated carbocycles. The number of carbonyl (C=O) groups is 1. The van der Waals surface area contributed by atoms with Crippen molar-refractivity contribution in [3.63, 3.8) is 0 Å². The van der Waals surface area contributed by atoms with E-state index in [1.807, 2.05) is 6.92 Å². The summed E-state index contributed by atoms with van der Waals surface area (Å²) in [6, 6.07) is 2.48. The van der Waals surface area contributed by atoms with Crippen molar-refractivity contribution in [2.24, 2.45) is 5.92 Å². The first-order valence-electron chi connectivity index (χ1n) is 8.92. The maximum Gasteiger partial charge on any atom is 0.253 e. The van der Waals surface area contributed by atoms with Gasteiger partial charge in [-0.1, -0.05) is 49.9 Å². The van der Waals surface area contributed by atoms with Gasteiger partial charge in [0.05, 0.1) is 15.6 Å². The second-order valence-corrected chi connectivity index (χ2v) is 9.85. The standard InChI is InChI=1S/C18H26Cl2N2O3S/c1-11(2)5-4-6-12(3)21-18(23)14-9-17(16(20)10-15(14)19)26(24,25)22-13-7-8-13/h9-13,22H,4-8H2,1-3H3,(H,21,23). The average molecular weight is 421 g/mol. The van der Waals surface area contributed by atoms with Crippen molar-refractivity contribution in [3.8, 4) is 0 Å². The minimum Gasteiger partial charge on any atom is -0.350 e. The third kappa shape index (κ3) is 6.12. The molecule has 26 heavy (non-hydrogen) atoms. The lowest BCUT2D eigenvalue weighted by atomic mass is 10.0. The summed E-state index contributed by atoms with van der Waals surface area (Å²) in [7, 11) is -3.77. The number of halogens is 2. The monoisotopic (exact) mass is 420 g/mol. The van der Waals surface area contributed by atoms with Crippen molar-refractivity contribution >= 4 is 39.1 Å². The number of carbonyl (C=O) groups excluding carboxylic acids is 1. The smallest absolute Gasteiger partial charge is 0.253 e. The summed E-state index contributed by atoms with van der Waals surface area (Å²) in [4.78, 5) is 12.4. The van der Waals surface area contributed by atoms with E-state index in [0.29, 0.717) is 5.92 Å². The molecule has 8 heteroatoms. The van der Waals surface area contributed by atoms with Gasteiger partial charge in [-0.25, -0.2) is 13.1 Å². The van der Waals surface area contributed by atoms with E-state index in [1.54, 1.807) is 0 Å². The van der Waals surface area contributed by atoms with Crippen LogP contribution in [0, 0.1) is 5.92 Å². The molecule has 1 fully saturated rings. The zero-order valence-corrected chi connectivity index (χ0v) is 17.6. The second-order valence-electron chi connectivity index (χ2n) is 7.36. The number of nitrogens with one attached hydrogen (secondary N) is 2. The number of hydrogen-bond acceptors (Lipinski definition) is 3. The lowest BCUT2D eigenvalue weighted by molar-refractivity contribution is 0.0937. The van der Waals surface area contributed by atoms with Crippen molar-refractivity contribution in [1.29, 1.82) is 0 Å². The Balaban J connectivity index is 2.12. The summed E-state index contributed by atoms with van der Waals surface area (Å²) in [6.07, 6.45) is 4.58. The zero-order chi connectivity index (χ0) is 19.5. The van der Waals surface area contributed by atoms with Gasteiger partial charge in [0.25, 0.3) is 5.91 Å². The maximum atomic E-state index is 12.5. The first-order valence-corrected chi connectivity index (χ1v) is 11.2. The summed E-state index contributed by atoms with van der Waals surface area (Å²) in [5.74, 6) is 0.224. The molecule has 146 valence electrons. The molecule has 1 aliphatic carbocycles. The van der Waals surface area contributed by atoms with E-state index < -0.39 is 15.9 Å². The van der Waals surface area contributed by atoms with Gasteiger partial charge in [0.2, 0.25) is 10.0 Å². The van der Waals surface area contributed by atoms with Crippen molar-refractivity contribution < 1.29 is 13.2 Å². The summed E-state index contributed by atoms with van der Waals surface area (Å²) in [6.45, 7) is 6.25. The highest BCUT2D eigenvalue weighted by molar-refractivity contribution is 7.89. The molecule has 1 aromatic rings. The van der Waals surface area contributed by atoms with Gasteiger partial charge < -0.3 is 5.32 Å². The Labute approximate surface area is 165 Å². The zero-order valence-electron chi connectivity index (χ0n) is 15.3. The van der Waals surface area contributed by atoms with Gasteiger partial charge >= 0.3 is 0 Å². The van der Waals surface area contributed by atoms with E-state index in [1.165, 1.54) is 12.1 Å². The van der Waals surface area contributed by atoms with Crippen LogP contribution in [0.4, 0.5) is 0 Å². The van der Waals surface area contributed by atoms with Gasteiger partial charge in [-0.3, -0.25) is 4.79 Å². The largest absolute Gasteiger partial charge is 0.350 e. The summed E-state index contributed by atoms with van der Waals surface area (Å²) in [5.41, 5.74) is 0.114. The third-order valence-electron chi connectivity index (χ3n) is 4.25. The summed E-state index contributed by atoms with van der Waals surface area (Å²) < 4.78 is 27.5. The molecular formula is C18H26Cl2N2O3S. The van der Waals surface area contributed by atoms with Crippen molar-refractivity contribution in [2.45, 2.75) is 69.9 Å². The minimum atomic E-state index is -3.77. The lowest BCUT2D eigenvalue weighted by Crippen LogP contribution is -2.33. The Morgan fingerprint density at radius 1 is 1.15 bits per heavy atom. The Morgan fingerprint density at radius 2 is 1.81 bits per heavy atom. The normalized spacial score (nSPS) is 15.9. The fourth-order valence-electron chi connectivity index (χ4n) is 2.60. The number of amides is 1. The van der Waals surface area contributed by atoms with Gasteiger partial charge in [0.1, 0.15) is 4.90 Å². The van der Waals surface area contributed by atoms with Crippen LogP contribution in [0.3, 0.4) is 0 Å². The maximum absolute atomic E-state index is 12.5. The Hall–Kier alpha value is -0.820. The SMILES string of the molecule is CC(C)CCCC(C)NC(=O)c1cc(S(=O)(=O)NC2CC2)c(Cl)cc1Cl.